The van der Waals surface area contributed by atoms with E-state index in [2.05, 4.69) is 15.1 Å². The first-order valence-electron chi connectivity index (χ1n) is 3.86. The van der Waals surface area contributed by atoms with Crippen molar-refractivity contribution in [1.29, 1.82) is 0 Å². The quantitative estimate of drug-likeness (QED) is 0.750. The van der Waals surface area contributed by atoms with Crippen molar-refractivity contribution in [3.05, 3.63) is 29.9 Å². The Morgan fingerprint density at radius 1 is 1.29 bits per heavy atom. The highest BCUT2D eigenvalue weighted by Gasteiger charge is 2.01. The zero-order valence-corrected chi connectivity index (χ0v) is 8.14. The average molecular weight is 211 g/mol. The summed E-state index contributed by atoms with van der Waals surface area (Å²) < 4.78 is 6.54. The van der Waals surface area contributed by atoms with Gasteiger partial charge in [-0.05, 0) is 0 Å². The van der Waals surface area contributed by atoms with E-state index in [-0.39, 0.29) is 0 Å². The number of nitrogens with zero attached hydrogens (tertiary/aromatic N) is 4. The summed E-state index contributed by atoms with van der Waals surface area (Å²) in [7, 11) is 1.58. The summed E-state index contributed by atoms with van der Waals surface area (Å²) in [4.78, 5) is 7.94. The van der Waals surface area contributed by atoms with E-state index < -0.39 is 0 Å². The molecule has 0 saturated heterocycles. The lowest BCUT2D eigenvalue weighted by Gasteiger charge is -1.97. The number of halogens is 1. The molecule has 0 aliphatic heterocycles. The smallest absolute Gasteiger partial charge is 0.172 e. The fourth-order valence-corrected chi connectivity index (χ4v) is 1.06. The van der Waals surface area contributed by atoms with Crippen molar-refractivity contribution < 1.29 is 4.74 Å². The molecule has 2 aromatic heterocycles. The standard InChI is InChI=1S/C8H7ClN4O/c1-14-6-2-12-13(5-6)8-4-10-7(9)3-11-8/h2-5H,1H3. The van der Waals surface area contributed by atoms with Crippen LogP contribution in [0, 0.1) is 0 Å². The molecular formula is C8H7ClN4O. The molecule has 0 aromatic carbocycles. The molecule has 0 atom stereocenters. The molecule has 2 rings (SSSR count). The number of ether oxygens (including phenoxy) is 1. The summed E-state index contributed by atoms with van der Waals surface area (Å²) >= 11 is 5.60. The highest BCUT2D eigenvalue weighted by Crippen LogP contribution is 2.11. The first kappa shape index (κ1) is 8.96. The van der Waals surface area contributed by atoms with Gasteiger partial charge in [-0.15, -0.1) is 0 Å². The van der Waals surface area contributed by atoms with Crippen LogP contribution in [0.25, 0.3) is 5.82 Å². The van der Waals surface area contributed by atoms with Gasteiger partial charge in [-0.1, -0.05) is 11.6 Å². The summed E-state index contributed by atoms with van der Waals surface area (Å²) in [6, 6.07) is 0. The number of rotatable bonds is 2. The van der Waals surface area contributed by atoms with Crippen LogP contribution in [0.5, 0.6) is 5.75 Å². The second kappa shape index (κ2) is 3.63. The van der Waals surface area contributed by atoms with Crippen LogP contribution in [-0.2, 0) is 0 Å². The maximum Gasteiger partial charge on any atom is 0.172 e. The normalized spacial score (nSPS) is 10.1. The molecule has 0 radical (unpaired) electrons. The maximum atomic E-state index is 5.60. The van der Waals surface area contributed by atoms with Crippen LogP contribution >= 0.6 is 11.6 Å². The summed E-state index contributed by atoms with van der Waals surface area (Å²) in [5.74, 6) is 1.26. The second-order valence-electron chi connectivity index (χ2n) is 2.52. The van der Waals surface area contributed by atoms with E-state index in [1.807, 2.05) is 0 Å². The van der Waals surface area contributed by atoms with Gasteiger partial charge in [0, 0.05) is 0 Å². The molecule has 5 nitrogen and oxygen atoms in total. The van der Waals surface area contributed by atoms with Gasteiger partial charge >= 0.3 is 0 Å². The lowest BCUT2D eigenvalue weighted by atomic mass is 10.6. The molecule has 0 aliphatic carbocycles. The summed E-state index contributed by atoms with van der Waals surface area (Å²) in [6.45, 7) is 0. The number of methoxy groups -OCH3 is 1. The van der Waals surface area contributed by atoms with Gasteiger partial charge in [-0.3, -0.25) is 0 Å². The lowest BCUT2D eigenvalue weighted by molar-refractivity contribution is 0.414. The molecule has 72 valence electrons. The molecule has 0 saturated carbocycles. The highest BCUT2D eigenvalue weighted by atomic mass is 35.5. The van der Waals surface area contributed by atoms with Gasteiger partial charge in [-0.25, -0.2) is 14.6 Å². The molecule has 2 heterocycles. The first-order chi connectivity index (χ1) is 6.79. The van der Waals surface area contributed by atoms with Gasteiger partial charge < -0.3 is 4.74 Å². The molecule has 0 fully saturated rings. The molecule has 0 unspecified atom stereocenters. The summed E-state index contributed by atoms with van der Waals surface area (Å²) in [5, 5.41) is 4.39. The van der Waals surface area contributed by atoms with E-state index in [0.717, 1.165) is 0 Å². The maximum absolute atomic E-state index is 5.60. The number of hydrogen-bond donors (Lipinski definition) is 0. The number of aromatic nitrogens is 4. The molecule has 0 N–H and O–H groups in total. The number of hydrogen-bond acceptors (Lipinski definition) is 4. The molecule has 0 bridgehead atoms. The van der Waals surface area contributed by atoms with E-state index in [1.165, 1.54) is 12.4 Å². The van der Waals surface area contributed by atoms with Crippen molar-refractivity contribution in [3.8, 4) is 11.6 Å². The van der Waals surface area contributed by atoms with Crippen LogP contribution in [-0.4, -0.2) is 26.9 Å². The van der Waals surface area contributed by atoms with Crippen LogP contribution in [0.4, 0.5) is 0 Å². The van der Waals surface area contributed by atoms with Gasteiger partial charge in [0.1, 0.15) is 5.15 Å². The predicted octanol–water partition coefficient (Wildman–Crippen LogP) is 1.32. The fraction of sp³-hybridized carbons (Fsp3) is 0.125. The van der Waals surface area contributed by atoms with Gasteiger partial charge in [-0.2, -0.15) is 5.10 Å². The van der Waals surface area contributed by atoms with Crippen LogP contribution < -0.4 is 4.74 Å². The molecule has 0 aliphatic rings. The molecule has 0 amide bonds. The highest BCUT2D eigenvalue weighted by molar-refractivity contribution is 6.29. The van der Waals surface area contributed by atoms with E-state index in [0.29, 0.717) is 16.7 Å². The minimum absolute atomic E-state index is 0.355. The van der Waals surface area contributed by atoms with E-state index >= 15 is 0 Å². The van der Waals surface area contributed by atoms with E-state index in [9.17, 15) is 0 Å². The minimum Gasteiger partial charge on any atom is -0.493 e. The van der Waals surface area contributed by atoms with Crippen molar-refractivity contribution in [2.75, 3.05) is 7.11 Å². The lowest BCUT2D eigenvalue weighted by Crippen LogP contribution is -1.97. The fourth-order valence-electron chi connectivity index (χ4n) is 0.961. The van der Waals surface area contributed by atoms with Crippen molar-refractivity contribution in [3.63, 3.8) is 0 Å². The van der Waals surface area contributed by atoms with E-state index in [1.54, 1.807) is 24.2 Å². The van der Waals surface area contributed by atoms with Crippen LogP contribution in [0.3, 0.4) is 0 Å². The van der Waals surface area contributed by atoms with Crippen molar-refractivity contribution in [1.82, 2.24) is 19.7 Å². The predicted molar refractivity (Wildman–Crippen MR) is 50.7 cm³/mol. The summed E-state index contributed by atoms with van der Waals surface area (Å²) in [6.07, 6.45) is 6.30. The third kappa shape index (κ3) is 1.67. The summed E-state index contributed by atoms with van der Waals surface area (Å²) in [5.41, 5.74) is 0. The van der Waals surface area contributed by atoms with Gasteiger partial charge in [0.25, 0.3) is 0 Å². The van der Waals surface area contributed by atoms with Crippen LogP contribution in [0.15, 0.2) is 24.8 Å². The molecule has 14 heavy (non-hydrogen) atoms. The van der Waals surface area contributed by atoms with Crippen molar-refractivity contribution in [2.24, 2.45) is 0 Å². The van der Waals surface area contributed by atoms with Crippen molar-refractivity contribution >= 4 is 11.6 Å². The Kier molecular flexibility index (Phi) is 2.32. The van der Waals surface area contributed by atoms with Crippen molar-refractivity contribution in [2.45, 2.75) is 0 Å². The monoisotopic (exact) mass is 210 g/mol. The largest absolute Gasteiger partial charge is 0.493 e. The third-order valence-corrected chi connectivity index (χ3v) is 1.83. The van der Waals surface area contributed by atoms with Gasteiger partial charge in [0.2, 0.25) is 0 Å². The Balaban J connectivity index is 2.34. The topological polar surface area (TPSA) is 52.8 Å². The molecule has 6 heteroatoms. The molecular weight excluding hydrogens is 204 g/mol. The SMILES string of the molecule is COc1cnn(-c2cnc(Cl)cn2)c1. The zero-order chi connectivity index (χ0) is 9.97. The Morgan fingerprint density at radius 2 is 2.14 bits per heavy atom. The van der Waals surface area contributed by atoms with Gasteiger partial charge in [0.05, 0.1) is 31.9 Å². The average Bonchev–Trinajstić information content (AvgIpc) is 2.67. The van der Waals surface area contributed by atoms with E-state index in [4.69, 9.17) is 16.3 Å². The Labute approximate surface area is 85.3 Å². The third-order valence-electron chi connectivity index (χ3n) is 1.64. The zero-order valence-electron chi connectivity index (χ0n) is 7.38. The van der Waals surface area contributed by atoms with Crippen LogP contribution in [0.2, 0.25) is 5.15 Å². The Morgan fingerprint density at radius 3 is 2.71 bits per heavy atom. The molecule has 0 spiro atoms. The van der Waals surface area contributed by atoms with Gasteiger partial charge in [0.15, 0.2) is 11.6 Å². The first-order valence-corrected chi connectivity index (χ1v) is 4.24. The second-order valence-corrected chi connectivity index (χ2v) is 2.91. The van der Waals surface area contributed by atoms with Crippen LogP contribution in [0.1, 0.15) is 0 Å². The Hall–Kier alpha value is -1.62. The minimum atomic E-state index is 0.355. The molecule has 2 aromatic rings. The Bertz CT molecular complexity index is 425.